The molecule has 0 spiro atoms. The van der Waals surface area contributed by atoms with Crippen molar-refractivity contribution < 1.29 is 13.2 Å². The number of rotatable bonds is 5. The summed E-state index contributed by atoms with van der Waals surface area (Å²) in [6.45, 7) is 0.479. The molecule has 6 nitrogen and oxygen atoms in total. The van der Waals surface area contributed by atoms with Crippen LogP contribution in [0.15, 0.2) is 48.5 Å². The SMILES string of the molecule is Nc1ccccc1CCC(=O)Nc1cccc(N2CCCS2(=O)=O)c1. The molecule has 0 radical (unpaired) electrons. The van der Waals surface area contributed by atoms with Gasteiger partial charge < -0.3 is 11.1 Å². The topological polar surface area (TPSA) is 92.5 Å². The fourth-order valence-corrected chi connectivity index (χ4v) is 4.46. The number of hydrogen-bond donors (Lipinski definition) is 2. The molecule has 0 unspecified atom stereocenters. The number of benzene rings is 2. The van der Waals surface area contributed by atoms with Crippen molar-refractivity contribution in [2.24, 2.45) is 0 Å². The highest BCUT2D eigenvalue weighted by molar-refractivity contribution is 7.93. The van der Waals surface area contributed by atoms with Crippen LogP contribution in [0, 0.1) is 0 Å². The van der Waals surface area contributed by atoms with Crippen LogP contribution in [0.5, 0.6) is 0 Å². The first-order valence-corrected chi connectivity index (χ1v) is 9.80. The summed E-state index contributed by atoms with van der Waals surface area (Å²) < 4.78 is 25.4. The van der Waals surface area contributed by atoms with Crippen LogP contribution >= 0.6 is 0 Å². The lowest BCUT2D eigenvalue weighted by molar-refractivity contribution is -0.116. The van der Waals surface area contributed by atoms with Gasteiger partial charge in [0.2, 0.25) is 15.9 Å². The number of sulfonamides is 1. The normalized spacial score (nSPS) is 15.9. The number of nitrogens with one attached hydrogen (secondary N) is 1. The van der Waals surface area contributed by atoms with E-state index in [4.69, 9.17) is 5.73 Å². The van der Waals surface area contributed by atoms with E-state index in [2.05, 4.69) is 5.32 Å². The highest BCUT2D eigenvalue weighted by atomic mass is 32.2. The van der Waals surface area contributed by atoms with E-state index < -0.39 is 10.0 Å². The molecule has 132 valence electrons. The molecule has 1 amide bonds. The van der Waals surface area contributed by atoms with Gasteiger partial charge in [-0.1, -0.05) is 24.3 Å². The van der Waals surface area contributed by atoms with Crippen molar-refractivity contribution in [2.75, 3.05) is 27.7 Å². The lowest BCUT2D eigenvalue weighted by Crippen LogP contribution is -2.25. The van der Waals surface area contributed by atoms with Crippen LogP contribution in [0.4, 0.5) is 17.1 Å². The minimum Gasteiger partial charge on any atom is -0.399 e. The molecule has 2 aromatic carbocycles. The summed E-state index contributed by atoms with van der Waals surface area (Å²) in [4.78, 5) is 12.2. The maximum Gasteiger partial charge on any atom is 0.235 e. The number of aryl methyl sites for hydroxylation is 1. The van der Waals surface area contributed by atoms with E-state index in [1.807, 2.05) is 24.3 Å². The molecule has 0 saturated carbocycles. The minimum absolute atomic E-state index is 0.135. The third-order valence-corrected chi connectivity index (χ3v) is 6.06. The van der Waals surface area contributed by atoms with E-state index in [-0.39, 0.29) is 11.7 Å². The van der Waals surface area contributed by atoms with Gasteiger partial charge in [-0.3, -0.25) is 9.10 Å². The van der Waals surface area contributed by atoms with E-state index in [0.29, 0.717) is 42.9 Å². The number of hydrogen-bond acceptors (Lipinski definition) is 4. The van der Waals surface area contributed by atoms with Gasteiger partial charge in [-0.15, -0.1) is 0 Å². The molecule has 0 aromatic heterocycles. The Kier molecular flexibility index (Phi) is 4.94. The number of amides is 1. The van der Waals surface area contributed by atoms with E-state index >= 15 is 0 Å². The van der Waals surface area contributed by atoms with Crippen molar-refractivity contribution in [1.29, 1.82) is 0 Å². The predicted molar refractivity (Wildman–Crippen MR) is 100.0 cm³/mol. The van der Waals surface area contributed by atoms with Gasteiger partial charge in [-0.2, -0.15) is 0 Å². The van der Waals surface area contributed by atoms with Crippen molar-refractivity contribution in [2.45, 2.75) is 19.3 Å². The summed E-state index contributed by atoms with van der Waals surface area (Å²) in [5.74, 6) is 0.0342. The number of carbonyl (C=O) groups excluding carboxylic acids is 1. The number of para-hydroxylation sites is 1. The van der Waals surface area contributed by atoms with E-state index in [1.165, 1.54) is 4.31 Å². The lowest BCUT2D eigenvalue weighted by Gasteiger charge is -2.17. The molecule has 0 aliphatic carbocycles. The number of nitrogens with two attached hydrogens (primary N) is 1. The zero-order valence-corrected chi connectivity index (χ0v) is 14.6. The Morgan fingerprint density at radius 2 is 1.96 bits per heavy atom. The molecule has 1 saturated heterocycles. The molecule has 1 aliphatic rings. The zero-order valence-electron chi connectivity index (χ0n) is 13.8. The van der Waals surface area contributed by atoms with Gasteiger partial charge in [-0.25, -0.2) is 8.42 Å². The molecule has 1 heterocycles. The second-order valence-electron chi connectivity index (χ2n) is 6.04. The fraction of sp³-hybridized carbons (Fsp3) is 0.278. The van der Waals surface area contributed by atoms with Gasteiger partial charge in [0.1, 0.15) is 0 Å². The Bertz CT molecular complexity index is 881. The Morgan fingerprint density at radius 1 is 1.16 bits per heavy atom. The van der Waals surface area contributed by atoms with E-state index in [0.717, 1.165) is 5.56 Å². The molecule has 2 aromatic rings. The summed E-state index contributed by atoms with van der Waals surface area (Å²) in [6, 6.07) is 14.4. The lowest BCUT2D eigenvalue weighted by atomic mass is 10.1. The fourth-order valence-electron chi connectivity index (χ4n) is 2.90. The molecule has 1 aliphatic heterocycles. The Hall–Kier alpha value is -2.54. The van der Waals surface area contributed by atoms with Crippen LogP contribution in [0.3, 0.4) is 0 Å². The number of carbonyl (C=O) groups is 1. The Morgan fingerprint density at radius 3 is 2.68 bits per heavy atom. The molecular formula is C18H21N3O3S. The number of anilines is 3. The van der Waals surface area contributed by atoms with Gasteiger partial charge in [0.05, 0.1) is 11.4 Å². The molecule has 0 bridgehead atoms. The van der Waals surface area contributed by atoms with Crippen molar-refractivity contribution in [3.05, 3.63) is 54.1 Å². The Labute approximate surface area is 147 Å². The van der Waals surface area contributed by atoms with Crippen LogP contribution in [-0.4, -0.2) is 26.6 Å². The largest absolute Gasteiger partial charge is 0.399 e. The average Bonchev–Trinajstić information content (AvgIpc) is 2.93. The van der Waals surface area contributed by atoms with Crippen molar-refractivity contribution in [3.8, 4) is 0 Å². The first-order valence-electron chi connectivity index (χ1n) is 8.19. The van der Waals surface area contributed by atoms with Crippen LogP contribution < -0.4 is 15.4 Å². The van der Waals surface area contributed by atoms with Gasteiger partial charge in [-0.05, 0) is 42.7 Å². The van der Waals surface area contributed by atoms with E-state index in [1.54, 1.807) is 24.3 Å². The minimum atomic E-state index is -3.23. The third kappa shape index (κ3) is 4.11. The quantitative estimate of drug-likeness (QED) is 0.802. The molecule has 3 rings (SSSR count). The summed E-state index contributed by atoms with van der Waals surface area (Å²) in [5, 5.41) is 2.82. The highest BCUT2D eigenvalue weighted by Gasteiger charge is 2.28. The van der Waals surface area contributed by atoms with Crippen molar-refractivity contribution >= 4 is 33.0 Å². The molecule has 3 N–H and O–H groups in total. The van der Waals surface area contributed by atoms with Crippen molar-refractivity contribution in [3.63, 3.8) is 0 Å². The molecule has 25 heavy (non-hydrogen) atoms. The summed E-state index contributed by atoms with van der Waals surface area (Å²) in [7, 11) is -3.23. The molecular weight excluding hydrogens is 338 g/mol. The molecule has 0 atom stereocenters. The maximum atomic E-state index is 12.2. The summed E-state index contributed by atoms with van der Waals surface area (Å²) in [6.07, 6.45) is 1.48. The maximum absolute atomic E-state index is 12.2. The molecule has 7 heteroatoms. The van der Waals surface area contributed by atoms with Gasteiger partial charge >= 0.3 is 0 Å². The first-order chi connectivity index (χ1) is 12.0. The average molecular weight is 359 g/mol. The predicted octanol–water partition coefficient (Wildman–Crippen LogP) is 2.38. The monoisotopic (exact) mass is 359 g/mol. The number of nitrogen functional groups attached to an aromatic ring is 1. The highest BCUT2D eigenvalue weighted by Crippen LogP contribution is 2.26. The first kappa shape index (κ1) is 17.3. The van der Waals surface area contributed by atoms with Gasteiger partial charge in [0, 0.05) is 24.3 Å². The second-order valence-corrected chi connectivity index (χ2v) is 8.05. The second kappa shape index (κ2) is 7.14. The van der Waals surface area contributed by atoms with E-state index in [9.17, 15) is 13.2 Å². The standard InChI is InChI=1S/C18H21N3O3S/c19-17-8-2-1-5-14(17)9-10-18(22)20-15-6-3-7-16(13-15)21-11-4-12-25(21,23)24/h1-3,5-8,13H,4,9-12,19H2,(H,20,22). The summed E-state index contributed by atoms with van der Waals surface area (Å²) in [5.41, 5.74) is 8.67. The Balaban J connectivity index is 1.64. The van der Waals surface area contributed by atoms with Gasteiger partial charge in [0.25, 0.3) is 0 Å². The van der Waals surface area contributed by atoms with Crippen LogP contribution in [0.1, 0.15) is 18.4 Å². The number of nitrogens with zero attached hydrogens (tertiary/aromatic N) is 1. The van der Waals surface area contributed by atoms with Crippen LogP contribution in [0.25, 0.3) is 0 Å². The van der Waals surface area contributed by atoms with Crippen molar-refractivity contribution in [1.82, 2.24) is 0 Å². The van der Waals surface area contributed by atoms with Crippen LogP contribution in [-0.2, 0) is 21.2 Å². The van der Waals surface area contributed by atoms with Gasteiger partial charge in [0.15, 0.2) is 0 Å². The van der Waals surface area contributed by atoms with Crippen LogP contribution in [0.2, 0.25) is 0 Å². The smallest absolute Gasteiger partial charge is 0.235 e. The molecule has 1 fully saturated rings. The summed E-state index contributed by atoms with van der Waals surface area (Å²) >= 11 is 0. The zero-order chi connectivity index (χ0) is 17.9. The third-order valence-electron chi connectivity index (χ3n) is 4.19.